The molecule has 14 aromatic carbocycles. The summed E-state index contributed by atoms with van der Waals surface area (Å²) in [5, 5.41) is 13.4. The first-order valence-electron chi connectivity index (χ1n) is 36.1. The maximum atomic E-state index is 6.43. The fraction of sp³-hybridized carbons (Fsp3) is 0. The summed E-state index contributed by atoms with van der Waals surface area (Å²) in [6.07, 6.45) is 0. The van der Waals surface area contributed by atoms with Crippen molar-refractivity contribution in [3.8, 4) is 124 Å². The SMILES string of the molecule is c1ccc(-c2nc(-c3cccc(-c4nc5oc6ccccc6c5c5ccccc45)c3)cc(-c3cccc4c3sc3c(-c5cccc(-c6ccc(-c7cc(-c8ccc(-c9cccc(-c%10nc%11oc%12ccccc%12c%11c%11ccccc%10%11)c9)cc8)nc(-c8cccc9c8sc8ccccc89)n7)cc6)c5)cccc34)n2)cc1. The van der Waals surface area contributed by atoms with Gasteiger partial charge in [0.1, 0.15) is 11.2 Å². The average Bonchev–Trinajstić information content (AvgIpc) is 1.57. The lowest BCUT2D eigenvalue weighted by atomic mass is 9.96. The topological polar surface area (TPSA) is 104 Å². The Hall–Kier alpha value is -13.9. The number of fused-ring (bicyclic) bond motifs is 16. The van der Waals surface area contributed by atoms with Crippen LogP contribution in [0.15, 0.2) is 349 Å². The van der Waals surface area contributed by atoms with E-state index in [2.05, 4.69) is 297 Å². The van der Waals surface area contributed by atoms with E-state index in [1.807, 2.05) is 53.8 Å². The molecule has 0 aliphatic rings. The molecule has 0 N–H and O–H groups in total. The van der Waals surface area contributed by atoms with Crippen LogP contribution in [0.5, 0.6) is 0 Å². The Morgan fingerprint density at radius 2 is 0.583 bits per heavy atom. The molecule has 502 valence electrons. The maximum absolute atomic E-state index is 6.43. The molecule has 0 fully saturated rings. The first-order chi connectivity index (χ1) is 53.5. The number of furan rings is 2. The van der Waals surface area contributed by atoms with Crippen molar-refractivity contribution in [2.75, 3.05) is 0 Å². The van der Waals surface area contributed by atoms with Gasteiger partial charge in [-0.25, -0.2) is 29.9 Å². The van der Waals surface area contributed by atoms with E-state index < -0.39 is 0 Å². The van der Waals surface area contributed by atoms with Crippen LogP contribution in [0.1, 0.15) is 0 Å². The lowest BCUT2D eigenvalue weighted by Crippen LogP contribution is -1.96. The normalized spacial score (nSPS) is 11.9. The number of thiophene rings is 2. The van der Waals surface area contributed by atoms with Crippen molar-refractivity contribution >= 4 is 129 Å². The monoisotopic (exact) mass is 1410 g/mol. The van der Waals surface area contributed by atoms with Crippen LogP contribution >= 0.6 is 22.7 Å². The summed E-state index contributed by atoms with van der Waals surface area (Å²) in [6.45, 7) is 0. The number of hydrogen-bond acceptors (Lipinski definition) is 10. The summed E-state index contributed by atoms with van der Waals surface area (Å²) in [5.41, 5.74) is 22.6. The minimum Gasteiger partial charge on any atom is -0.438 e. The standard InChI is InChI=1S/C98H56N6O2S2/c1-2-20-61(21-3-1)95-99-83(65-25-16-27-67(54-65)91-73-32-7-5-30-71(73)89-79-34-9-12-42-86(79)106-98(89)104-91)56-84(102-95)77-39-18-38-76-75-37-17-35-68(92(75)108-93(76)77)64-24-14-22-62(52-64)57-44-48-59(49-45-57)81-55-82(101-96(100-81)80-40-19-36-74-69-28-10-13-43-87(69)107-94(74)80)60-50-46-58(47-51-60)63-23-15-26-66(53-63)90-72-31-6-4-29-70(72)88-78-33-8-11-41-85(78)105-97(88)103-90/h1-56H. The molecule has 0 unspecified atom stereocenters. The van der Waals surface area contributed by atoms with Gasteiger partial charge in [0.15, 0.2) is 11.6 Å². The number of pyridine rings is 2. The number of hydrogen-bond donors (Lipinski definition) is 0. The van der Waals surface area contributed by atoms with Crippen molar-refractivity contribution in [1.82, 2.24) is 29.9 Å². The zero-order valence-electron chi connectivity index (χ0n) is 57.6. The largest absolute Gasteiger partial charge is 0.438 e. The molecule has 0 bridgehead atoms. The van der Waals surface area contributed by atoms with E-state index >= 15 is 0 Å². The minimum atomic E-state index is 0.618. The van der Waals surface area contributed by atoms with Crippen LogP contribution in [0.2, 0.25) is 0 Å². The van der Waals surface area contributed by atoms with Crippen molar-refractivity contribution in [3.63, 3.8) is 0 Å². The fourth-order valence-corrected chi connectivity index (χ4v) is 18.6. The highest BCUT2D eigenvalue weighted by atomic mass is 32.1. The molecule has 8 nitrogen and oxygen atoms in total. The number of rotatable bonds is 11. The summed E-state index contributed by atoms with van der Waals surface area (Å²) in [5.74, 6) is 1.33. The lowest BCUT2D eigenvalue weighted by molar-refractivity contribution is 0.654. The van der Waals surface area contributed by atoms with Gasteiger partial charge >= 0.3 is 0 Å². The molecule has 10 heteroatoms. The molecular weight excluding hydrogens is 1360 g/mol. The van der Waals surface area contributed by atoms with E-state index in [0.29, 0.717) is 23.1 Å². The Morgan fingerprint density at radius 3 is 1.19 bits per heavy atom. The van der Waals surface area contributed by atoms with Gasteiger partial charge < -0.3 is 8.83 Å². The van der Waals surface area contributed by atoms with Gasteiger partial charge in [0.2, 0.25) is 11.4 Å². The molecular formula is C98H56N6O2S2. The highest BCUT2D eigenvalue weighted by molar-refractivity contribution is 7.27. The highest BCUT2D eigenvalue weighted by Gasteiger charge is 2.23. The molecule has 0 amide bonds. The summed E-state index contributed by atoms with van der Waals surface area (Å²) >= 11 is 3.61. The van der Waals surface area contributed by atoms with Gasteiger partial charge in [-0.2, -0.15) is 0 Å². The van der Waals surface area contributed by atoms with Crippen LogP contribution in [0.25, 0.3) is 230 Å². The van der Waals surface area contributed by atoms with Gasteiger partial charge in [0.05, 0.1) is 44.9 Å². The molecule has 8 heterocycles. The third kappa shape index (κ3) is 10.2. The second kappa shape index (κ2) is 24.9. The third-order valence-electron chi connectivity index (χ3n) is 21.2. The molecule has 0 aliphatic carbocycles. The van der Waals surface area contributed by atoms with Gasteiger partial charge in [-0.3, -0.25) is 0 Å². The van der Waals surface area contributed by atoms with Crippen LogP contribution in [-0.2, 0) is 0 Å². The average molecular weight is 1410 g/mol. The second-order valence-corrected chi connectivity index (χ2v) is 29.6. The van der Waals surface area contributed by atoms with E-state index in [0.717, 1.165) is 165 Å². The quantitative estimate of drug-likeness (QED) is 0.126. The Bertz CT molecular complexity index is 7440. The zero-order valence-corrected chi connectivity index (χ0v) is 59.3. The van der Waals surface area contributed by atoms with Crippen LogP contribution in [0, 0.1) is 0 Å². The zero-order chi connectivity index (χ0) is 70.9. The molecule has 0 radical (unpaired) electrons. The number of nitrogens with zero attached hydrogens (tertiary/aromatic N) is 6. The number of benzene rings is 14. The fourth-order valence-electron chi connectivity index (χ4n) is 16.0. The summed E-state index contributed by atoms with van der Waals surface area (Å²) < 4.78 is 17.6. The summed E-state index contributed by atoms with van der Waals surface area (Å²) in [4.78, 5) is 32.1. The van der Waals surface area contributed by atoms with Crippen LogP contribution in [0.4, 0.5) is 0 Å². The molecule has 108 heavy (non-hydrogen) atoms. The van der Waals surface area contributed by atoms with Crippen LogP contribution < -0.4 is 0 Å². The molecule has 22 aromatic rings. The van der Waals surface area contributed by atoms with Gasteiger partial charge in [-0.15, -0.1) is 22.7 Å². The van der Waals surface area contributed by atoms with Crippen molar-refractivity contribution in [2.24, 2.45) is 0 Å². The second-order valence-electron chi connectivity index (χ2n) is 27.5. The van der Waals surface area contributed by atoms with Crippen LogP contribution in [0.3, 0.4) is 0 Å². The Morgan fingerprint density at radius 1 is 0.204 bits per heavy atom. The van der Waals surface area contributed by atoms with Crippen molar-refractivity contribution in [2.45, 2.75) is 0 Å². The molecule has 0 saturated carbocycles. The highest BCUT2D eigenvalue weighted by Crippen LogP contribution is 2.48. The molecule has 0 spiro atoms. The first kappa shape index (κ1) is 61.6. The Balaban J connectivity index is 0.600. The predicted octanol–water partition coefficient (Wildman–Crippen LogP) is 27.2. The van der Waals surface area contributed by atoms with E-state index in [1.54, 1.807) is 11.3 Å². The van der Waals surface area contributed by atoms with Gasteiger partial charge in [0, 0.05) is 106 Å². The number of aromatic nitrogens is 6. The van der Waals surface area contributed by atoms with Crippen molar-refractivity contribution in [3.05, 3.63) is 340 Å². The minimum absolute atomic E-state index is 0.618. The van der Waals surface area contributed by atoms with Crippen molar-refractivity contribution in [1.29, 1.82) is 0 Å². The van der Waals surface area contributed by atoms with E-state index in [1.165, 1.54) is 41.2 Å². The van der Waals surface area contributed by atoms with E-state index in [9.17, 15) is 0 Å². The molecule has 0 aliphatic heterocycles. The van der Waals surface area contributed by atoms with Crippen molar-refractivity contribution < 1.29 is 8.83 Å². The predicted molar refractivity (Wildman–Crippen MR) is 448 cm³/mol. The maximum Gasteiger partial charge on any atom is 0.228 e. The van der Waals surface area contributed by atoms with Gasteiger partial charge in [-0.1, -0.05) is 285 Å². The van der Waals surface area contributed by atoms with Gasteiger partial charge in [-0.05, 0) is 98.8 Å². The molecule has 0 saturated heterocycles. The third-order valence-corrected chi connectivity index (χ3v) is 23.7. The summed E-state index contributed by atoms with van der Waals surface area (Å²) in [7, 11) is 0. The summed E-state index contributed by atoms with van der Waals surface area (Å²) in [6, 6.07) is 120. The Kier molecular flexibility index (Phi) is 14.2. The smallest absolute Gasteiger partial charge is 0.228 e. The van der Waals surface area contributed by atoms with Gasteiger partial charge in [0.25, 0.3) is 0 Å². The van der Waals surface area contributed by atoms with Crippen LogP contribution in [-0.4, -0.2) is 29.9 Å². The molecule has 8 aromatic heterocycles. The van der Waals surface area contributed by atoms with E-state index in [4.69, 9.17) is 38.7 Å². The number of para-hydroxylation sites is 2. The lowest BCUT2D eigenvalue weighted by Gasteiger charge is -2.12. The van der Waals surface area contributed by atoms with E-state index in [-0.39, 0.29) is 0 Å². The molecule has 0 atom stereocenters. The first-order valence-corrected chi connectivity index (χ1v) is 37.7. The Labute approximate surface area is 626 Å². The molecule has 22 rings (SSSR count).